The minimum Gasteiger partial charge on any atom is -0.259 e. The van der Waals surface area contributed by atoms with Gasteiger partial charge in [-0.25, -0.2) is 0 Å². The number of pyridine rings is 1. The van der Waals surface area contributed by atoms with Crippen molar-refractivity contribution in [3.63, 3.8) is 0 Å². The highest BCUT2D eigenvalue weighted by Gasteiger charge is 2.30. The normalized spacial score (nSPS) is 16.5. The van der Waals surface area contributed by atoms with Gasteiger partial charge in [-0.1, -0.05) is 24.3 Å². The summed E-state index contributed by atoms with van der Waals surface area (Å²) in [6, 6.07) is 5.98. The van der Waals surface area contributed by atoms with Crippen LogP contribution in [0.3, 0.4) is 0 Å². The molecule has 2 nitrogen and oxygen atoms in total. The lowest BCUT2D eigenvalue weighted by Gasteiger charge is -2.32. The van der Waals surface area contributed by atoms with Gasteiger partial charge in [-0.2, -0.15) is 0 Å². The maximum absolute atomic E-state index is 4.53. The van der Waals surface area contributed by atoms with Crippen molar-refractivity contribution in [3.8, 4) is 0 Å². The maximum Gasteiger partial charge on any atom is 0.0844 e. The van der Waals surface area contributed by atoms with E-state index in [2.05, 4.69) is 29.2 Å². The SMILES string of the molecule is C=CCCC1(CCC=C)C=CN=C(c2ccccn2)C1. The fourth-order valence-electron chi connectivity index (χ4n) is 2.66. The Balaban J connectivity index is 2.19. The number of aliphatic imine (C=N–C) groups is 1. The molecule has 0 unspecified atom stereocenters. The first-order valence-electron chi connectivity index (χ1n) is 7.17. The van der Waals surface area contributed by atoms with Gasteiger partial charge in [0.25, 0.3) is 0 Å². The zero-order valence-corrected chi connectivity index (χ0v) is 12.0. The lowest BCUT2D eigenvalue weighted by molar-refractivity contribution is 0.337. The van der Waals surface area contributed by atoms with Crippen LogP contribution in [0.1, 0.15) is 37.8 Å². The van der Waals surface area contributed by atoms with Gasteiger partial charge in [0.1, 0.15) is 0 Å². The molecule has 2 heterocycles. The largest absolute Gasteiger partial charge is 0.259 e. The molecule has 0 saturated carbocycles. The molecule has 20 heavy (non-hydrogen) atoms. The van der Waals surface area contributed by atoms with E-state index in [9.17, 15) is 0 Å². The van der Waals surface area contributed by atoms with Gasteiger partial charge in [-0.05, 0) is 43.2 Å². The van der Waals surface area contributed by atoms with Crippen LogP contribution in [0, 0.1) is 5.41 Å². The first-order valence-corrected chi connectivity index (χ1v) is 7.17. The molecule has 0 N–H and O–H groups in total. The first kappa shape index (κ1) is 14.4. The predicted molar refractivity (Wildman–Crippen MR) is 85.8 cm³/mol. The van der Waals surface area contributed by atoms with Gasteiger partial charge in [0.15, 0.2) is 0 Å². The summed E-state index contributed by atoms with van der Waals surface area (Å²) in [5.74, 6) is 0. The summed E-state index contributed by atoms with van der Waals surface area (Å²) in [6.45, 7) is 7.69. The number of nitrogens with zero attached hydrogens (tertiary/aromatic N) is 2. The third-order valence-corrected chi connectivity index (χ3v) is 3.83. The highest BCUT2D eigenvalue weighted by Crippen LogP contribution is 2.39. The molecule has 1 aliphatic rings. The number of hydrogen-bond acceptors (Lipinski definition) is 2. The van der Waals surface area contributed by atoms with Crippen molar-refractivity contribution < 1.29 is 0 Å². The van der Waals surface area contributed by atoms with E-state index in [1.165, 1.54) is 0 Å². The molecular weight excluding hydrogens is 244 g/mol. The number of allylic oxidation sites excluding steroid dienone is 3. The summed E-state index contributed by atoms with van der Waals surface area (Å²) in [5.41, 5.74) is 2.23. The standard InChI is InChI=1S/C18H22N2/c1-3-5-10-18(11-6-4-2)12-14-20-17(15-18)16-9-7-8-13-19-16/h3-4,7-9,12-14H,1-2,5-6,10-11,15H2. The van der Waals surface area contributed by atoms with Gasteiger partial charge in [0, 0.05) is 18.8 Å². The smallest absolute Gasteiger partial charge is 0.0844 e. The zero-order valence-electron chi connectivity index (χ0n) is 12.0. The summed E-state index contributed by atoms with van der Waals surface area (Å²) in [6.07, 6.45) is 15.2. The lowest BCUT2D eigenvalue weighted by Crippen LogP contribution is -2.25. The Morgan fingerprint density at radius 2 is 1.90 bits per heavy atom. The van der Waals surface area contributed by atoms with Crippen LogP contribution < -0.4 is 0 Å². The van der Waals surface area contributed by atoms with Gasteiger partial charge < -0.3 is 0 Å². The predicted octanol–water partition coefficient (Wildman–Crippen LogP) is 4.71. The Hall–Kier alpha value is -1.96. The molecular formula is C18H22N2. The second kappa shape index (κ2) is 6.99. The molecule has 0 fully saturated rings. The topological polar surface area (TPSA) is 25.2 Å². The van der Waals surface area contributed by atoms with Gasteiger partial charge in [0.05, 0.1) is 11.4 Å². The molecule has 0 spiro atoms. The van der Waals surface area contributed by atoms with E-state index < -0.39 is 0 Å². The van der Waals surface area contributed by atoms with Crippen LogP contribution in [0.5, 0.6) is 0 Å². The van der Waals surface area contributed by atoms with E-state index in [1.54, 1.807) is 0 Å². The quantitative estimate of drug-likeness (QED) is 0.656. The molecule has 0 saturated heterocycles. The maximum atomic E-state index is 4.53. The van der Waals surface area contributed by atoms with Crippen molar-refractivity contribution in [1.29, 1.82) is 0 Å². The van der Waals surface area contributed by atoms with Gasteiger partial charge in [-0.15, -0.1) is 13.2 Å². The highest BCUT2D eigenvalue weighted by atomic mass is 14.8. The van der Waals surface area contributed by atoms with Crippen LogP contribution >= 0.6 is 0 Å². The molecule has 104 valence electrons. The van der Waals surface area contributed by atoms with Gasteiger partial charge >= 0.3 is 0 Å². The summed E-state index contributed by atoms with van der Waals surface area (Å²) < 4.78 is 0. The third kappa shape index (κ3) is 3.53. The van der Waals surface area contributed by atoms with E-state index in [0.717, 1.165) is 43.5 Å². The summed E-state index contributed by atoms with van der Waals surface area (Å²) in [4.78, 5) is 8.96. The fraction of sp³-hybridized carbons (Fsp3) is 0.333. The average molecular weight is 266 g/mol. The van der Waals surface area contributed by atoms with E-state index in [4.69, 9.17) is 0 Å². The molecule has 2 rings (SSSR count). The van der Waals surface area contributed by atoms with E-state index in [0.29, 0.717) is 0 Å². The third-order valence-electron chi connectivity index (χ3n) is 3.83. The monoisotopic (exact) mass is 266 g/mol. The molecule has 0 aromatic carbocycles. The Kier molecular flexibility index (Phi) is 5.05. The number of hydrogen-bond donors (Lipinski definition) is 0. The molecule has 0 amide bonds. The molecule has 2 heteroatoms. The number of aromatic nitrogens is 1. The highest BCUT2D eigenvalue weighted by molar-refractivity contribution is 6.00. The van der Waals surface area contributed by atoms with E-state index >= 15 is 0 Å². The van der Waals surface area contributed by atoms with Gasteiger partial charge in [0.2, 0.25) is 0 Å². The Labute approximate surface area is 121 Å². The zero-order chi connectivity index (χ0) is 14.3. The Morgan fingerprint density at radius 3 is 2.50 bits per heavy atom. The van der Waals surface area contributed by atoms with Crippen molar-refractivity contribution >= 4 is 5.71 Å². The lowest BCUT2D eigenvalue weighted by atomic mass is 9.73. The molecule has 0 radical (unpaired) electrons. The summed E-state index contributed by atoms with van der Waals surface area (Å²) >= 11 is 0. The molecule has 1 aliphatic heterocycles. The van der Waals surface area contributed by atoms with E-state index in [-0.39, 0.29) is 5.41 Å². The molecule has 0 bridgehead atoms. The Morgan fingerprint density at radius 1 is 1.15 bits per heavy atom. The van der Waals surface area contributed by atoms with Crippen LogP contribution in [0.25, 0.3) is 0 Å². The summed E-state index contributed by atoms with van der Waals surface area (Å²) in [7, 11) is 0. The number of rotatable bonds is 7. The van der Waals surface area contributed by atoms with E-state index in [1.807, 2.05) is 42.7 Å². The molecule has 1 aromatic rings. The Bertz CT molecular complexity index is 499. The minimum absolute atomic E-state index is 0.164. The van der Waals surface area contributed by atoms with Crippen molar-refractivity contribution in [3.05, 3.63) is 67.7 Å². The molecule has 0 aliphatic carbocycles. The van der Waals surface area contributed by atoms with Crippen molar-refractivity contribution in [2.45, 2.75) is 32.1 Å². The first-order chi connectivity index (χ1) is 9.79. The molecule has 0 atom stereocenters. The van der Waals surface area contributed by atoms with Crippen LogP contribution in [0.4, 0.5) is 0 Å². The second-order valence-electron chi connectivity index (χ2n) is 5.30. The van der Waals surface area contributed by atoms with Crippen molar-refractivity contribution in [2.24, 2.45) is 10.4 Å². The van der Waals surface area contributed by atoms with Crippen molar-refractivity contribution in [2.75, 3.05) is 0 Å². The van der Waals surface area contributed by atoms with Crippen LogP contribution in [-0.2, 0) is 0 Å². The molecule has 1 aromatic heterocycles. The summed E-state index contributed by atoms with van der Waals surface area (Å²) in [5, 5.41) is 0. The van der Waals surface area contributed by atoms with Crippen molar-refractivity contribution in [1.82, 2.24) is 4.98 Å². The van der Waals surface area contributed by atoms with Crippen LogP contribution in [0.2, 0.25) is 0 Å². The van der Waals surface area contributed by atoms with Crippen LogP contribution in [0.15, 0.2) is 67.0 Å². The minimum atomic E-state index is 0.164. The van der Waals surface area contributed by atoms with Crippen LogP contribution in [-0.4, -0.2) is 10.7 Å². The second-order valence-corrected chi connectivity index (χ2v) is 5.30. The average Bonchev–Trinajstić information content (AvgIpc) is 2.52. The van der Waals surface area contributed by atoms with Gasteiger partial charge in [-0.3, -0.25) is 9.98 Å². The fourth-order valence-corrected chi connectivity index (χ4v) is 2.66.